The van der Waals surface area contributed by atoms with Crippen LogP contribution in [0.3, 0.4) is 0 Å². The summed E-state index contributed by atoms with van der Waals surface area (Å²) in [5, 5.41) is 16.6. The number of nitrogens with one attached hydrogen (secondary N) is 1. The molecule has 5 nitrogen and oxygen atoms in total. The Morgan fingerprint density at radius 3 is 2.93 bits per heavy atom. The highest BCUT2D eigenvalue weighted by Crippen LogP contribution is 2.03. The molecule has 0 spiro atoms. The average Bonchev–Trinajstić information content (AvgIpc) is 2.14. The van der Waals surface area contributed by atoms with E-state index in [9.17, 15) is 5.21 Å². The third-order valence-corrected chi connectivity index (χ3v) is 1.81. The van der Waals surface area contributed by atoms with Gasteiger partial charge in [-0.3, -0.25) is 5.41 Å². The molecule has 1 heterocycles. The number of rotatable bonds is 4. The molecule has 1 aromatic heterocycles. The van der Waals surface area contributed by atoms with E-state index >= 15 is 0 Å². The van der Waals surface area contributed by atoms with E-state index in [-0.39, 0.29) is 5.49 Å². The summed E-state index contributed by atoms with van der Waals surface area (Å²) in [5.74, 6) is 0.746. The fourth-order valence-corrected chi connectivity index (χ4v) is 0.987. The molecule has 0 aliphatic carbocycles. The normalized spacial score (nSPS) is 10.1. The first-order valence-corrected chi connectivity index (χ1v) is 4.62. The predicted molar refractivity (Wildman–Crippen MR) is 50.4 cm³/mol. The molecule has 5 heteroatoms. The monoisotopic (exact) mass is 197 g/mol. The van der Waals surface area contributed by atoms with Gasteiger partial charge < -0.3 is 9.94 Å². The van der Waals surface area contributed by atoms with Gasteiger partial charge in [0.15, 0.2) is 5.49 Å². The van der Waals surface area contributed by atoms with Crippen LogP contribution in [0.25, 0.3) is 0 Å². The Labute approximate surface area is 82.5 Å². The Balaban J connectivity index is 2.75. The van der Waals surface area contributed by atoms with Gasteiger partial charge in [0.25, 0.3) is 0 Å². The summed E-state index contributed by atoms with van der Waals surface area (Å²) < 4.78 is 6.02. The van der Waals surface area contributed by atoms with E-state index in [2.05, 4.69) is 11.9 Å². The molecule has 0 unspecified atom stereocenters. The van der Waals surface area contributed by atoms with E-state index < -0.39 is 0 Å². The maximum Gasteiger partial charge on any atom is 0.218 e. The number of ether oxygens (including phenoxy) is 1. The summed E-state index contributed by atoms with van der Waals surface area (Å²) >= 11 is 0. The maximum atomic E-state index is 9.21. The molecule has 0 radical (unpaired) electrons. The molecule has 2 N–H and O–H groups in total. The van der Waals surface area contributed by atoms with Gasteiger partial charge in [-0.2, -0.15) is 9.71 Å². The molecule has 0 atom stereocenters. The zero-order chi connectivity index (χ0) is 10.6. The van der Waals surface area contributed by atoms with Crippen LogP contribution >= 0.6 is 0 Å². The van der Waals surface area contributed by atoms with Crippen molar-refractivity contribution in [1.82, 2.24) is 9.71 Å². The second kappa shape index (κ2) is 4.64. The van der Waals surface area contributed by atoms with Crippen molar-refractivity contribution in [3.8, 4) is 5.88 Å². The van der Waals surface area contributed by atoms with Crippen LogP contribution < -0.4 is 10.2 Å². The molecule has 14 heavy (non-hydrogen) atoms. The Kier molecular flexibility index (Phi) is 3.50. The van der Waals surface area contributed by atoms with Gasteiger partial charge in [0.1, 0.15) is 5.82 Å². The summed E-state index contributed by atoms with van der Waals surface area (Å²) in [6, 6.07) is 1.39. The minimum atomic E-state index is -0.0241. The molecule has 1 rings (SSSR count). The van der Waals surface area contributed by atoms with E-state index in [1.807, 2.05) is 0 Å². The third kappa shape index (κ3) is 2.48. The van der Waals surface area contributed by atoms with E-state index in [0.29, 0.717) is 23.0 Å². The molecular formula is C9H15N3O2. The standard InChI is InChI=1S/C9H15N3O2/c1-3-4-5-14-9-6-8(10)12(13)7(2)11-9/h6,10,13H,3-5H2,1-2H3. The number of unbranched alkanes of at least 4 members (excludes halogenated alkanes) is 1. The Morgan fingerprint density at radius 2 is 2.36 bits per heavy atom. The van der Waals surface area contributed by atoms with Crippen LogP contribution in [0, 0.1) is 12.3 Å². The van der Waals surface area contributed by atoms with Crippen LogP contribution in [0.15, 0.2) is 6.07 Å². The van der Waals surface area contributed by atoms with Crippen LogP contribution in [0.2, 0.25) is 0 Å². The van der Waals surface area contributed by atoms with Crippen molar-refractivity contribution < 1.29 is 9.94 Å². The predicted octanol–water partition coefficient (Wildman–Crippen LogP) is 1.09. The first kappa shape index (κ1) is 10.6. The zero-order valence-electron chi connectivity index (χ0n) is 8.45. The number of hydrogen-bond acceptors (Lipinski definition) is 4. The molecule has 0 aliphatic heterocycles. The maximum absolute atomic E-state index is 9.21. The summed E-state index contributed by atoms with van der Waals surface area (Å²) in [6.07, 6.45) is 2.02. The van der Waals surface area contributed by atoms with Crippen LogP contribution in [0.1, 0.15) is 25.6 Å². The minimum Gasteiger partial charge on any atom is -0.478 e. The molecule has 78 valence electrons. The van der Waals surface area contributed by atoms with Crippen LogP contribution in [0.4, 0.5) is 0 Å². The number of aryl methyl sites for hydroxylation is 1. The molecule has 0 bridgehead atoms. The quantitative estimate of drug-likeness (QED) is 0.560. The molecule has 0 saturated carbocycles. The number of nitrogens with zero attached hydrogens (tertiary/aromatic N) is 2. The average molecular weight is 197 g/mol. The smallest absolute Gasteiger partial charge is 0.218 e. The second-order valence-electron chi connectivity index (χ2n) is 3.04. The van der Waals surface area contributed by atoms with Crippen molar-refractivity contribution in [2.75, 3.05) is 6.61 Å². The van der Waals surface area contributed by atoms with Crippen molar-refractivity contribution in [3.63, 3.8) is 0 Å². The molecule has 0 fully saturated rings. The zero-order valence-corrected chi connectivity index (χ0v) is 8.45. The van der Waals surface area contributed by atoms with Gasteiger partial charge in [-0.15, -0.1) is 0 Å². The highest BCUT2D eigenvalue weighted by atomic mass is 16.5. The first-order chi connectivity index (χ1) is 6.65. The van der Waals surface area contributed by atoms with Gasteiger partial charge in [-0.25, -0.2) is 0 Å². The lowest BCUT2D eigenvalue weighted by Crippen LogP contribution is -2.21. The summed E-state index contributed by atoms with van der Waals surface area (Å²) in [4.78, 5) is 3.98. The summed E-state index contributed by atoms with van der Waals surface area (Å²) in [6.45, 7) is 4.28. The van der Waals surface area contributed by atoms with Crippen molar-refractivity contribution in [2.45, 2.75) is 26.7 Å². The van der Waals surface area contributed by atoms with Crippen molar-refractivity contribution in [2.24, 2.45) is 0 Å². The van der Waals surface area contributed by atoms with Gasteiger partial charge in [0, 0.05) is 6.07 Å². The fraction of sp³-hybridized carbons (Fsp3) is 0.556. The van der Waals surface area contributed by atoms with Crippen LogP contribution in [-0.4, -0.2) is 21.5 Å². The van der Waals surface area contributed by atoms with Crippen molar-refractivity contribution in [1.29, 1.82) is 5.41 Å². The van der Waals surface area contributed by atoms with Gasteiger partial charge in [-0.05, 0) is 13.3 Å². The van der Waals surface area contributed by atoms with E-state index in [4.69, 9.17) is 10.1 Å². The van der Waals surface area contributed by atoms with Gasteiger partial charge in [-0.1, -0.05) is 13.3 Å². The first-order valence-electron chi connectivity index (χ1n) is 4.62. The lowest BCUT2D eigenvalue weighted by Gasteiger charge is -2.06. The molecular weight excluding hydrogens is 182 g/mol. The highest BCUT2D eigenvalue weighted by Gasteiger charge is 2.01. The lowest BCUT2D eigenvalue weighted by atomic mass is 10.4. The van der Waals surface area contributed by atoms with Gasteiger partial charge in [0.05, 0.1) is 6.61 Å². The molecule has 0 amide bonds. The van der Waals surface area contributed by atoms with E-state index in [1.54, 1.807) is 6.92 Å². The van der Waals surface area contributed by atoms with Crippen molar-refractivity contribution >= 4 is 0 Å². The molecule has 0 aromatic carbocycles. The Hall–Kier alpha value is -1.52. The van der Waals surface area contributed by atoms with E-state index in [0.717, 1.165) is 12.8 Å². The van der Waals surface area contributed by atoms with Crippen LogP contribution in [0.5, 0.6) is 5.88 Å². The van der Waals surface area contributed by atoms with Crippen molar-refractivity contribution in [3.05, 3.63) is 17.4 Å². The lowest BCUT2D eigenvalue weighted by molar-refractivity contribution is 0.156. The van der Waals surface area contributed by atoms with Gasteiger partial charge >= 0.3 is 0 Å². The molecule has 0 saturated heterocycles. The fourth-order valence-electron chi connectivity index (χ4n) is 0.987. The summed E-state index contributed by atoms with van der Waals surface area (Å²) in [5.41, 5.74) is -0.0241. The molecule has 0 aliphatic rings. The second-order valence-corrected chi connectivity index (χ2v) is 3.04. The third-order valence-electron chi connectivity index (χ3n) is 1.81. The number of aromatic nitrogens is 2. The van der Waals surface area contributed by atoms with Crippen LogP contribution in [-0.2, 0) is 0 Å². The Bertz CT molecular complexity index is 360. The Morgan fingerprint density at radius 1 is 1.64 bits per heavy atom. The highest BCUT2D eigenvalue weighted by molar-refractivity contribution is 5.07. The minimum absolute atomic E-state index is 0.0241. The van der Waals surface area contributed by atoms with E-state index in [1.165, 1.54) is 6.07 Å². The topological polar surface area (TPSA) is 71.1 Å². The molecule has 1 aromatic rings. The SMILES string of the molecule is CCCCOc1cc(=N)n(O)c(C)n1. The largest absolute Gasteiger partial charge is 0.478 e. The van der Waals surface area contributed by atoms with Gasteiger partial charge in [0.2, 0.25) is 5.88 Å². The summed E-state index contributed by atoms with van der Waals surface area (Å²) in [7, 11) is 0. The number of hydrogen-bond donors (Lipinski definition) is 2.